The predicted molar refractivity (Wildman–Crippen MR) is 118 cm³/mol. The van der Waals surface area contributed by atoms with E-state index in [1.165, 1.54) is 11.4 Å². The quantitative estimate of drug-likeness (QED) is 0.310. The molecule has 0 saturated carbocycles. The maximum absolute atomic E-state index is 12.2. The Labute approximate surface area is 187 Å². The highest BCUT2D eigenvalue weighted by molar-refractivity contribution is 7.80. The summed E-state index contributed by atoms with van der Waals surface area (Å²) < 4.78 is 27.3. The first-order valence-corrected chi connectivity index (χ1v) is 10.9. The van der Waals surface area contributed by atoms with E-state index in [1.807, 2.05) is 0 Å². The van der Waals surface area contributed by atoms with Gasteiger partial charge in [0.2, 0.25) is 0 Å². The van der Waals surface area contributed by atoms with Crippen molar-refractivity contribution in [2.45, 2.75) is 19.3 Å². The number of halogens is 2. The molecule has 0 aromatic heterocycles. The Kier molecular flexibility index (Phi) is 9.58. The standard InChI is InChI=1S/C20H22Cl2N2O5S/c1-29-18(25)6-3-12-23-20(26)15-7-9-16(10-8-15)24(30(27)28)13-11-14-4-2-5-17(21)19(14)22/h2,4-5,7-10H,3,6,11-13H2,1H3,(H,23,26)(H,27,28). The second-order valence-electron chi connectivity index (χ2n) is 6.28. The molecule has 2 aromatic rings. The lowest BCUT2D eigenvalue weighted by Crippen LogP contribution is -2.28. The van der Waals surface area contributed by atoms with Gasteiger partial charge >= 0.3 is 5.97 Å². The highest BCUT2D eigenvalue weighted by Crippen LogP contribution is 2.26. The van der Waals surface area contributed by atoms with Gasteiger partial charge in [0, 0.05) is 25.1 Å². The summed E-state index contributed by atoms with van der Waals surface area (Å²) in [6, 6.07) is 11.6. The topological polar surface area (TPSA) is 95.9 Å². The fourth-order valence-corrected chi connectivity index (χ4v) is 3.64. The number of carbonyl (C=O) groups excluding carboxylic acids is 2. The molecular formula is C20H22Cl2N2O5S. The van der Waals surface area contributed by atoms with Gasteiger partial charge in [0.25, 0.3) is 17.2 Å². The van der Waals surface area contributed by atoms with Crippen molar-refractivity contribution >= 4 is 52.0 Å². The molecule has 0 fully saturated rings. The van der Waals surface area contributed by atoms with E-state index in [-0.39, 0.29) is 24.8 Å². The number of ether oxygens (including phenoxy) is 1. The number of rotatable bonds is 10. The number of carbonyl (C=O) groups is 2. The van der Waals surface area contributed by atoms with Crippen LogP contribution < -0.4 is 9.62 Å². The number of hydrogen-bond donors (Lipinski definition) is 2. The number of anilines is 1. The average Bonchev–Trinajstić information content (AvgIpc) is 2.74. The predicted octanol–water partition coefficient (Wildman–Crippen LogP) is 3.86. The van der Waals surface area contributed by atoms with Crippen molar-refractivity contribution in [2.75, 3.05) is 24.5 Å². The van der Waals surface area contributed by atoms with Gasteiger partial charge in [-0.1, -0.05) is 35.3 Å². The lowest BCUT2D eigenvalue weighted by atomic mass is 10.1. The molecule has 30 heavy (non-hydrogen) atoms. The Morgan fingerprint density at radius 1 is 1.17 bits per heavy atom. The first kappa shape index (κ1) is 24.1. The third-order valence-corrected chi connectivity index (χ3v) is 5.92. The summed E-state index contributed by atoms with van der Waals surface area (Å²) in [7, 11) is 1.31. The molecule has 1 unspecified atom stereocenters. The van der Waals surface area contributed by atoms with Crippen LogP contribution in [0.15, 0.2) is 42.5 Å². The van der Waals surface area contributed by atoms with E-state index in [1.54, 1.807) is 42.5 Å². The second kappa shape index (κ2) is 11.9. The summed E-state index contributed by atoms with van der Waals surface area (Å²) >= 11 is 9.93. The van der Waals surface area contributed by atoms with Gasteiger partial charge in [-0.2, -0.15) is 0 Å². The third-order valence-electron chi connectivity index (χ3n) is 4.29. The van der Waals surface area contributed by atoms with Crippen LogP contribution in [0.25, 0.3) is 0 Å². The Balaban J connectivity index is 1.97. The Morgan fingerprint density at radius 3 is 2.50 bits per heavy atom. The minimum Gasteiger partial charge on any atom is -0.469 e. The van der Waals surface area contributed by atoms with Crippen LogP contribution in [-0.2, 0) is 27.2 Å². The van der Waals surface area contributed by atoms with Crippen molar-refractivity contribution in [1.82, 2.24) is 5.32 Å². The number of nitrogens with zero attached hydrogens (tertiary/aromatic N) is 1. The summed E-state index contributed by atoms with van der Waals surface area (Å²) in [6.07, 6.45) is 1.11. The molecule has 2 rings (SSSR count). The van der Waals surface area contributed by atoms with Crippen LogP contribution in [0.4, 0.5) is 5.69 Å². The number of amides is 1. The molecule has 0 radical (unpaired) electrons. The highest BCUT2D eigenvalue weighted by Gasteiger charge is 2.15. The first-order valence-electron chi connectivity index (χ1n) is 9.10. The molecular weight excluding hydrogens is 451 g/mol. The minimum atomic E-state index is -2.26. The van der Waals surface area contributed by atoms with Crippen LogP contribution >= 0.6 is 23.2 Å². The lowest BCUT2D eigenvalue weighted by molar-refractivity contribution is -0.140. The normalized spacial score (nSPS) is 11.6. The van der Waals surface area contributed by atoms with Crippen molar-refractivity contribution in [3.63, 3.8) is 0 Å². The van der Waals surface area contributed by atoms with Gasteiger partial charge in [0.1, 0.15) is 0 Å². The molecule has 2 aromatic carbocycles. The van der Waals surface area contributed by atoms with E-state index in [2.05, 4.69) is 10.1 Å². The van der Waals surface area contributed by atoms with Gasteiger partial charge in [0.15, 0.2) is 0 Å². The highest BCUT2D eigenvalue weighted by atomic mass is 35.5. The number of benzene rings is 2. The SMILES string of the molecule is COC(=O)CCCNC(=O)c1ccc(N(CCc2cccc(Cl)c2Cl)S(=O)O)cc1. The molecule has 1 amide bonds. The molecule has 0 aliphatic heterocycles. The number of esters is 1. The molecule has 162 valence electrons. The number of nitrogens with one attached hydrogen (secondary N) is 1. The summed E-state index contributed by atoms with van der Waals surface area (Å²) in [5, 5.41) is 3.55. The Bertz CT molecular complexity index is 909. The zero-order chi connectivity index (χ0) is 22.1. The maximum atomic E-state index is 12.2. The zero-order valence-electron chi connectivity index (χ0n) is 16.3. The Hall–Kier alpha value is -2.13. The average molecular weight is 473 g/mol. The fraction of sp³-hybridized carbons (Fsp3) is 0.300. The maximum Gasteiger partial charge on any atom is 0.305 e. The van der Waals surface area contributed by atoms with Crippen LogP contribution in [0.2, 0.25) is 10.0 Å². The van der Waals surface area contributed by atoms with Gasteiger partial charge in [-0.05, 0) is 48.7 Å². The molecule has 0 spiro atoms. The van der Waals surface area contributed by atoms with Crippen molar-refractivity contribution in [1.29, 1.82) is 0 Å². The largest absolute Gasteiger partial charge is 0.469 e. The van der Waals surface area contributed by atoms with Crippen LogP contribution in [0.1, 0.15) is 28.8 Å². The van der Waals surface area contributed by atoms with Gasteiger partial charge in [0.05, 0.1) is 22.8 Å². The molecule has 0 bridgehead atoms. The van der Waals surface area contributed by atoms with Crippen molar-refractivity contribution in [3.8, 4) is 0 Å². The zero-order valence-corrected chi connectivity index (χ0v) is 18.6. The number of methoxy groups -OCH3 is 1. The fourth-order valence-electron chi connectivity index (χ4n) is 2.68. The monoisotopic (exact) mass is 472 g/mol. The first-order chi connectivity index (χ1) is 14.3. The lowest BCUT2D eigenvalue weighted by Gasteiger charge is -2.20. The van der Waals surface area contributed by atoms with Crippen LogP contribution in [0.3, 0.4) is 0 Å². The van der Waals surface area contributed by atoms with Gasteiger partial charge < -0.3 is 10.1 Å². The van der Waals surface area contributed by atoms with E-state index in [9.17, 15) is 18.4 Å². The van der Waals surface area contributed by atoms with Gasteiger partial charge in [-0.15, -0.1) is 0 Å². The van der Waals surface area contributed by atoms with Crippen LogP contribution in [-0.4, -0.2) is 40.8 Å². The van der Waals surface area contributed by atoms with E-state index < -0.39 is 11.3 Å². The van der Waals surface area contributed by atoms with Gasteiger partial charge in [-0.3, -0.25) is 18.4 Å². The summed E-state index contributed by atoms with van der Waals surface area (Å²) in [5.41, 5.74) is 1.65. The van der Waals surface area contributed by atoms with Gasteiger partial charge in [-0.25, -0.2) is 4.21 Å². The Morgan fingerprint density at radius 2 is 1.87 bits per heavy atom. The molecule has 2 N–H and O–H groups in total. The summed E-state index contributed by atoms with van der Waals surface area (Å²) in [6.45, 7) is 0.561. The summed E-state index contributed by atoms with van der Waals surface area (Å²) in [4.78, 5) is 23.2. The molecule has 0 saturated heterocycles. The van der Waals surface area contributed by atoms with E-state index in [0.29, 0.717) is 40.7 Å². The molecule has 0 aliphatic carbocycles. The molecule has 10 heteroatoms. The summed E-state index contributed by atoms with van der Waals surface area (Å²) in [5.74, 6) is -0.626. The minimum absolute atomic E-state index is 0.224. The van der Waals surface area contributed by atoms with Crippen molar-refractivity contribution in [2.24, 2.45) is 0 Å². The smallest absolute Gasteiger partial charge is 0.305 e. The molecule has 0 heterocycles. The van der Waals surface area contributed by atoms with Crippen LogP contribution in [0.5, 0.6) is 0 Å². The van der Waals surface area contributed by atoms with E-state index >= 15 is 0 Å². The van der Waals surface area contributed by atoms with Crippen molar-refractivity contribution in [3.05, 3.63) is 63.6 Å². The second-order valence-corrected chi connectivity index (χ2v) is 7.97. The van der Waals surface area contributed by atoms with E-state index in [0.717, 1.165) is 5.56 Å². The van der Waals surface area contributed by atoms with Crippen molar-refractivity contribution < 1.29 is 23.1 Å². The molecule has 0 aliphatic rings. The van der Waals surface area contributed by atoms with E-state index in [4.69, 9.17) is 23.2 Å². The van der Waals surface area contributed by atoms with Crippen LogP contribution in [0, 0.1) is 0 Å². The third kappa shape index (κ3) is 6.98. The molecule has 1 atom stereocenters. The molecule has 7 nitrogen and oxygen atoms in total. The number of hydrogen-bond acceptors (Lipinski definition) is 4.